The maximum absolute atomic E-state index is 12.7. The molecule has 0 aromatic carbocycles. The van der Waals surface area contributed by atoms with Gasteiger partial charge in [0.15, 0.2) is 0 Å². The van der Waals surface area contributed by atoms with Gasteiger partial charge in [-0.05, 0) is 25.2 Å². The van der Waals surface area contributed by atoms with Gasteiger partial charge in [0.05, 0.1) is 18.6 Å². The summed E-state index contributed by atoms with van der Waals surface area (Å²) in [6.45, 7) is 4.04. The predicted octanol–water partition coefficient (Wildman–Crippen LogP) is -1.12. The van der Waals surface area contributed by atoms with Gasteiger partial charge in [-0.2, -0.15) is 0 Å². The predicted molar refractivity (Wildman–Crippen MR) is 97.1 cm³/mol. The van der Waals surface area contributed by atoms with Crippen LogP contribution in [0.2, 0.25) is 0 Å². The fraction of sp³-hybridized carbons (Fsp3) is 0.778. The van der Waals surface area contributed by atoms with Crippen LogP contribution < -0.4 is 16.4 Å². The second-order valence-corrected chi connectivity index (χ2v) is 7.75. The second kappa shape index (κ2) is 9.27. The van der Waals surface area contributed by atoms with Crippen LogP contribution in [0.1, 0.15) is 46.0 Å². The van der Waals surface area contributed by atoms with Crippen molar-refractivity contribution < 1.29 is 24.3 Å². The van der Waals surface area contributed by atoms with E-state index in [1.54, 1.807) is 18.7 Å². The monoisotopic (exact) mass is 382 g/mol. The molecule has 3 amide bonds. The first kappa shape index (κ1) is 21.3. The molecule has 27 heavy (non-hydrogen) atoms. The number of hydrogen-bond donors (Lipinski definition) is 4. The molecule has 2 aliphatic rings. The molecule has 9 heteroatoms. The van der Waals surface area contributed by atoms with Crippen LogP contribution in [0, 0.1) is 11.8 Å². The first-order valence-corrected chi connectivity index (χ1v) is 9.56. The van der Waals surface area contributed by atoms with Crippen LogP contribution in [0.25, 0.3) is 0 Å². The zero-order valence-electron chi connectivity index (χ0n) is 15.9. The van der Waals surface area contributed by atoms with Crippen molar-refractivity contribution >= 4 is 23.5 Å². The lowest BCUT2D eigenvalue weighted by molar-refractivity contribution is -0.139. The van der Waals surface area contributed by atoms with Crippen LogP contribution in [0.3, 0.4) is 0 Å². The van der Waals surface area contributed by atoms with E-state index in [-0.39, 0.29) is 18.4 Å². The molecule has 1 saturated carbocycles. The maximum Gasteiger partial charge on any atom is 0.287 e. The standard InChI is InChI=1S/C18H30N4O5/c1-10(2)17(26)20-9-14(23)22-7-3-4-13(22)18(27)21-12(8-11-5-6-11)15(24)16(19)25/h10-14,23H,3-9H2,1-2H3,(H2,19,25)(H,20,26)(H,21,27)/t12?,13-,14?/m0/s1. The summed E-state index contributed by atoms with van der Waals surface area (Å²) in [5.41, 5.74) is 5.10. The Labute approximate surface area is 159 Å². The highest BCUT2D eigenvalue weighted by Crippen LogP contribution is 2.33. The van der Waals surface area contributed by atoms with Gasteiger partial charge in [-0.25, -0.2) is 0 Å². The number of Topliss-reactive ketones (excluding diaryl/α,β-unsaturated/α-hetero) is 1. The molecule has 3 atom stereocenters. The molecule has 1 saturated heterocycles. The van der Waals surface area contributed by atoms with Crippen LogP contribution >= 0.6 is 0 Å². The van der Waals surface area contributed by atoms with Gasteiger partial charge in [-0.15, -0.1) is 0 Å². The lowest BCUT2D eigenvalue weighted by Gasteiger charge is -2.30. The highest BCUT2D eigenvalue weighted by molar-refractivity contribution is 6.37. The summed E-state index contributed by atoms with van der Waals surface area (Å²) in [7, 11) is 0. The van der Waals surface area contributed by atoms with Gasteiger partial charge in [0.25, 0.3) is 5.91 Å². The number of likely N-dealkylation sites (tertiary alicyclic amines) is 1. The van der Waals surface area contributed by atoms with Crippen molar-refractivity contribution in [3.05, 3.63) is 0 Å². The van der Waals surface area contributed by atoms with Crippen LogP contribution in [-0.4, -0.2) is 64.9 Å². The van der Waals surface area contributed by atoms with E-state index in [1.807, 2.05) is 0 Å². The number of nitrogens with one attached hydrogen (secondary N) is 2. The molecular formula is C18H30N4O5. The third-order valence-corrected chi connectivity index (χ3v) is 5.10. The van der Waals surface area contributed by atoms with Gasteiger partial charge < -0.3 is 21.5 Å². The molecule has 1 aliphatic heterocycles. The van der Waals surface area contributed by atoms with Crippen molar-refractivity contribution in [1.82, 2.24) is 15.5 Å². The minimum atomic E-state index is -1.05. The molecule has 5 N–H and O–H groups in total. The number of nitrogens with two attached hydrogens (primary N) is 1. The number of hydrogen-bond acceptors (Lipinski definition) is 6. The summed E-state index contributed by atoms with van der Waals surface area (Å²) in [4.78, 5) is 49.2. The van der Waals surface area contributed by atoms with Crippen LogP contribution in [0.4, 0.5) is 0 Å². The summed E-state index contributed by atoms with van der Waals surface area (Å²) >= 11 is 0. The summed E-state index contributed by atoms with van der Waals surface area (Å²) in [5.74, 6) is -2.29. The Hall–Kier alpha value is -2.00. The van der Waals surface area contributed by atoms with Crippen molar-refractivity contribution in [2.75, 3.05) is 13.1 Å². The minimum Gasteiger partial charge on any atom is -0.376 e. The average Bonchev–Trinajstić information content (AvgIpc) is 3.29. The van der Waals surface area contributed by atoms with Gasteiger partial charge in [-0.1, -0.05) is 26.7 Å². The number of aliphatic hydroxyl groups is 1. The van der Waals surface area contributed by atoms with Gasteiger partial charge in [-0.3, -0.25) is 24.1 Å². The first-order valence-electron chi connectivity index (χ1n) is 9.56. The Balaban J connectivity index is 1.95. The highest BCUT2D eigenvalue weighted by Gasteiger charge is 2.38. The molecule has 0 aromatic heterocycles. The molecule has 152 valence electrons. The molecule has 2 rings (SSSR count). The Morgan fingerprint density at radius 2 is 1.85 bits per heavy atom. The van der Waals surface area contributed by atoms with Crippen LogP contribution in [0.5, 0.6) is 0 Å². The van der Waals surface area contributed by atoms with Crippen molar-refractivity contribution in [3.63, 3.8) is 0 Å². The molecule has 0 aromatic rings. The molecule has 0 spiro atoms. The SMILES string of the molecule is CC(C)C(=O)NCC(O)N1CCC[C@H]1C(=O)NC(CC1CC1)C(=O)C(N)=O. The molecule has 9 nitrogen and oxygen atoms in total. The van der Waals surface area contributed by atoms with Crippen molar-refractivity contribution in [3.8, 4) is 0 Å². The Morgan fingerprint density at radius 3 is 2.41 bits per heavy atom. The van der Waals surface area contributed by atoms with Gasteiger partial charge >= 0.3 is 0 Å². The quantitative estimate of drug-likeness (QED) is 0.353. The number of aliphatic hydroxyl groups excluding tert-OH is 1. The molecule has 1 heterocycles. The van der Waals surface area contributed by atoms with E-state index >= 15 is 0 Å². The van der Waals surface area contributed by atoms with Gasteiger partial charge in [0, 0.05) is 12.5 Å². The van der Waals surface area contributed by atoms with Gasteiger partial charge in [0.1, 0.15) is 6.23 Å². The fourth-order valence-corrected chi connectivity index (χ4v) is 3.30. The largest absolute Gasteiger partial charge is 0.376 e. The van der Waals surface area contributed by atoms with E-state index in [1.165, 1.54) is 0 Å². The third kappa shape index (κ3) is 6.00. The van der Waals surface area contributed by atoms with E-state index in [0.29, 0.717) is 31.7 Å². The summed E-state index contributed by atoms with van der Waals surface area (Å²) in [5, 5.41) is 15.7. The van der Waals surface area contributed by atoms with E-state index in [2.05, 4.69) is 10.6 Å². The lowest BCUT2D eigenvalue weighted by Crippen LogP contribution is -2.55. The minimum absolute atomic E-state index is 0.0203. The molecule has 2 unspecified atom stereocenters. The second-order valence-electron chi connectivity index (χ2n) is 7.75. The summed E-state index contributed by atoms with van der Waals surface area (Å²) < 4.78 is 0. The van der Waals surface area contributed by atoms with Crippen LogP contribution in [-0.2, 0) is 19.2 Å². The number of primary amides is 1. The third-order valence-electron chi connectivity index (χ3n) is 5.10. The normalized spacial score (nSPS) is 22.3. The number of nitrogens with zero attached hydrogens (tertiary/aromatic N) is 1. The Bertz CT molecular complexity index is 590. The Kier molecular flexibility index (Phi) is 7.32. The fourth-order valence-electron chi connectivity index (χ4n) is 3.30. The molecule has 0 bridgehead atoms. The van der Waals surface area contributed by atoms with Crippen LogP contribution in [0.15, 0.2) is 0 Å². The van der Waals surface area contributed by atoms with Crippen molar-refractivity contribution in [1.29, 1.82) is 0 Å². The maximum atomic E-state index is 12.7. The smallest absolute Gasteiger partial charge is 0.287 e. The van der Waals surface area contributed by atoms with E-state index < -0.39 is 35.9 Å². The highest BCUT2D eigenvalue weighted by atomic mass is 16.3. The lowest BCUT2D eigenvalue weighted by atomic mass is 10.0. The number of carbonyl (C=O) groups is 4. The number of amides is 3. The number of rotatable bonds is 10. The zero-order chi connectivity index (χ0) is 20.1. The summed E-state index contributed by atoms with van der Waals surface area (Å²) in [6, 6.07) is -1.53. The van der Waals surface area contributed by atoms with Crippen molar-refractivity contribution in [2.45, 2.75) is 64.3 Å². The van der Waals surface area contributed by atoms with E-state index in [4.69, 9.17) is 5.73 Å². The molecular weight excluding hydrogens is 352 g/mol. The van der Waals surface area contributed by atoms with E-state index in [9.17, 15) is 24.3 Å². The molecule has 1 aliphatic carbocycles. The number of carbonyl (C=O) groups excluding carboxylic acids is 4. The number of ketones is 1. The zero-order valence-corrected chi connectivity index (χ0v) is 15.9. The summed E-state index contributed by atoms with van der Waals surface area (Å²) in [6.07, 6.45) is 2.60. The molecule has 0 radical (unpaired) electrons. The topological polar surface area (TPSA) is 142 Å². The van der Waals surface area contributed by atoms with E-state index in [0.717, 1.165) is 12.8 Å². The average molecular weight is 382 g/mol. The first-order chi connectivity index (χ1) is 12.7. The Morgan fingerprint density at radius 1 is 1.19 bits per heavy atom. The van der Waals surface area contributed by atoms with Crippen molar-refractivity contribution in [2.24, 2.45) is 17.6 Å². The molecule has 2 fully saturated rings. The van der Waals surface area contributed by atoms with Gasteiger partial charge in [0.2, 0.25) is 17.6 Å².